The molecule has 1 aromatic carbocycles. The molecule has 0 atom stereocenters. The summed E-state index contributed by atoms with van der Waals surface area (Å²) in [7, 11) is 0. The Morgan fingerprint density at radius 3 is 2.38 bits per heavy atom. The normalized spacial score (nSPS) is 11.2. The second-order valence-electron chi connectivity index (χ2n) is 7.42. The summed E-state index contributed by atoms with van der Waals surface area (Å²) in [4.78, 5) is 16.6. The predicted molar refractivity (Wildman–Crippen MR) is 119 cm³/mol. The van der Waals surface area contributed by atoms with Crippen LogP contribution in [-0.4, -0.2) is 26.3 Å². The summed E-state index contributed by atoms with van der Waals surface area (Å²) in [5.41, 5.74) is 3.45. The molecule has 0 unspecified atom stereocenters. The van der Waals surface area contributed by atoms with Crippen LogP contribution in [0.15, 0.2) is 30.5 Å². The van der Waals surface area contributed by atoms with Crippen molar-refractivity contribution in [1.82, 2.24) is 14.8 Å². The molecule has 0 radical (unpaired) electrons. The number of carbonyl (C=O) groups excluding carboxylic acids is 1. The molecule has 3 aromatic rings. The van der Waals surface area contributed by atoms with Crippen LogP contribution in [0, 0.1) is 6.92 Å². The second-order valence-corrected chi connectivity index (χ2v) is 8.23. The van der Waals surface area contributed by atoms with Crippen LogP contribution in [0.1, 0.15) is 51.4 Å². The van der Waals surface area contributed by atoms with Crippen molar-refractivity contribution in [1.29, 1.82) is 0 Å². The van der Waals surface area contributed by atoms with E-state index in [0.717, 1.165) is 27.9 Å². The number of aryl methyl sites for hydroxylation is 1. The van der Waals surface area contributed by atoms with Crippen LogP contribution in [0.5, 0.6) is 0 Å². The molecule has 0 aliphatic heterocycles. The number of benzene rings is 1. The van der Waals surface area contributed by atoms with Gasteiger partial charge in [0.25, 0.3) is 0 Å². The molecule has 5 nitrogen and oxygen atoms in total. The number of ether oxygens (including phenoxy) is 1. The van der Waals surface area contributed by atoms with E-state index in [1.165, 1.54) is 0 Å². The average molecular weight is 436 g/mol. The number of halogens is 2. The molecule has 156 valence electrons. The standard InChI is InChI=1S/C20H21Cl2N3O2.C2H6/c1-12-19-17(8-13(10-23-19)9-18(26)27-20(2,3)4)25(24-12)11-14-15(21)6-5-7-16(14)22;1-2/h5-8,10H,9,11H2,1-4H3;1-2H3. The zero-order valence-corrected chi connectivity index (χ0v) is 19.2. The monoisotopic (exact) mass is 435 g/mol. The lowest BCUT2D eigenvalue weighted by molar-refractivity contribution is -0.153. The molecule has 0 fully saturated rings. The van der Waals surface area contributed by atoms with E-state index in [1.807, 2.05) is 52.3 Å². The van der Waals surface area contributed by atoms with Crippen molar-refractivity contribution in [3.8, 4) is 0 Å². The average Bonchev–Trinajstić information content (AvgIpc) is 2.93. The molecule has 2 aromatic heterocycles. The number of esters is 1. The lowest BCUT2D eigenvalue weighted by Gasteiger charge is -2.19. The minimum atomic E-state index is -0.520. The molecular formula is C22H27Cl2N3O2. The van der Waals surface area contributed by atoms with Gasteiger partial charge in [-0.1, -0.05) is 43.1 Å². The smallest absolute Gasteiger partial charge is 0.310 e. The summed E-state index contributed by atoms with van der Waals surface area (Å²) >= 11 is 12.6. The largest absolute Gasteiger partial charge is 0.460 e. The maximum atomic E-state index is 12.1. The van der Waals surface area contributed by atoms with Gasteiger partial charge < -0.3 is 4.74 Å². The highest BCUT2D eigenvalue weighted by Gasteiger charge is 2.18. The van der Waals surface area contributed by atoms with Crippen LogP contribution < -0.4 is 0 Å². The second kappa shape index (κ2) is 9.59. The number of pyridine rings is 1. The Hall–Kier alpha value is -2.11. The molecule has 0 N–H and O–H groups in total. The number of carbonyl (C=O) groups is 1. The lowest BCUT2D eigenvalue weighted by atomic mass is 10.1. The predicted octanol–water partition coefficient (Wildman–Crippen LogP) is 6.01. The van der Waals surface area contributed by atoms with Gasteiger partial charge in [-0.2, -0.15) is 5.10 Å². The summed E-state index contributed by atoms with van der Waals surface area (Å²) < 4.78 is 7.20. The van der Waals surface area contributed by atoms with Gasteiger partial charge in [0.05, 0.1) is 24.2 Å². The number of hydrogen-bond donors (Lipinski definition) is 0. The maximum absolute atomic E-state index is 12.1. The quantitative estimate of drug-likeness (QED) is 0.471. The molecule has 0 bridgehead atoms. The fourth-order valence-electron chi connectivity index (χ4n) is 2.85. The molecule has 0 spiro atoms. The number of fused-ring (bicyclic) bond motifs is 1. The van der Waals surface area contributed by atoms with E-state index in [0.29, 0.717) is 16.6 Å². The Balaban J connectivity index is 0.00000145. The van der Waals surface area contributed by atoms with E-state index < -0.39 is 5.60 Å². The third kappa shape index (κ3) is 5.94. The molecule has 0 aliphatic carbocycles. The Morgan fingerprint density at radius 2 is 1.79 bits per heavy atom. The summed E-state index contributed by atoms with van der Waals surface area (Å²) in [6.45, 7) is 11.8. The van der Waals surface area contributed by atoms with Crippen LogP contribution in [0.25, 0.3) is 11.0 Å². The molecule has 0 saturated carbocycles. The van der Waals surface area contributed by atoms with Gasteiger partial charge in [-0.25, -0.2) is 0 Å². The number of nitrogens with zero attached hydrogens (tertiary/aromatic N) is 3. The van der Waals surface area contributed by atoms with Gasteiger partial charge in [0, 0.05) is 21.8 Å². The van der Waals surface area contributed by atoms with Gasteiger partial charge in [-0.15, -0.1) is 0 Å². The van der Waals surface area contributed by atoms with Crippen LogP contribution in [0.2, 0.25) is 10.0 Å². The number of rotatable bonds is 4. The van der Waals surface area contributed by atoms with E-state index in [9.17, 15) is 4.79 Å². The van der Waals surface area contributed by atoms with Gasteiger partial charge in [0.15, 0.2) is 0 Å². The van der Waals surface area contributed by atoms with E-state index in [2.05, 4.69) is 10.1 Å². The first-order chi connectivity index (χ1) is 13.6. The van der Waals surface area contributed by atoms with Crippen LogP contribution >= 0.6 is 23.2 Å². The van der Waals surface area contributed by atoms with E-state index in [1.54, 1.807) is 24.4 Å². The molecule has 0 saturated heterocycles. The first-order valence-corrected chi connectivity index (χ1v) is 10.4. The van der Waals surface area contributed by atoms with Crippen molar-refractivity contribution >= 4 is 40.2 Å². The Bertz CT molecular complexity index is 987. The molecule has 0 amide bonds. The third-order valence-corrected chi connectivity index (χ3v) is 4.66. The van der Waals surface area contributed by atoms with Gasteiger partial charge >= 0.3 is 5.97 Å². The van der Waals surface area contributed by atoms with E-state index in [-0.39, 0.29) is 12.4 Å². The Morgan fingerprint density at radius 1 is 1.17 bits per heavy atom. The number of aromatic nitrogens is 3. The first kappa shape index (κ1) is 23.2. The van der Waals surface area contributed by atoms with Crippen molar-refractivity contribution in [2.45, 2.75) is 60.1 Å². The lowest BCUT2D eigenvalue weighted by Crippen LogP contribution is -2.24. The molecule has 7 heteroatoms. The topological polar surface area (TPSA) is 57.0 Å². The highest BCUT2D eigenvalue weighted by atomic mass is 35.5. The van der Waals surface area contributed by atoms with Crippen molar-refractivity contribution in [2.75, 3.05) is 0 Å². The van der Waals surface area contributed by atoms with E-state index >= 15 is 0 Å². The summed E-state index contributed by atoms with van der Waals surface area (Å²) in [6, 6.07) is 7.32. The SMILES string of the molecule is CC.Cc1nn(Cc2c(Cl)cccc2Cl)c2cc(CC(=O)OC(C)(C)C)cnc12. The zero-order valence-electron chi connectivity index (χ0n) is 17.7. The summed E-state index contributed by atoms with van der Waals surface area (Å²) in [5, 5.41) is 5.74. The molecule has 2 heterocycles. The Kier molecular flexibility index (Phi) is 7.66. The maximum Gasteiger partial charge on any atom is 0.310 e. The van der Waals surface area contributed by atoms with Gasteiger partial charge in [0.1, 0.15) is 11.1 Å². The van der Waals surface area contributed by atoms with Crippen LogP contribution in [0.3, 0.4) is 0 Å². The minimum absolute atomic E-state index is 0.150. The molecule has 3 rings (SSSR count). The molecular weight excluding hydrogens is 409 g/mol. The fourth-order valence-corrected chi connectivity index (χ4v) is 3.36. The van der Waals surface area contributed by atoms with Crippen molar-refractivity contribution in [2.24, 2.45) is 0 Å². The summed E-state index contributed by atoms with van der Waals surface area (Å²) in [5.74, 6) is -0.291. The van der Waals surface area contributed by atoms with Gasteiger partial charge in [0.2, 0.25) is 0 Å². The van der Waals surface area contributed by atoms with Crippen molar-refractivity contribution in [3.05, 3.63) is 57.3 Å². The summed E-state index contributed by atoms with van der Waals surface area (Å²) in [6.07, 6.45) is 1.84. The van der Waals surface area contributed by atoms with Gasteiger partial charge in [-0.05, 0) is 51.5 Å². The van der Waals surface area contributed by atoms with Crippen LogP contribution in [0.4, 0.5) is 0 Å². The highest BCUT2D eigenvalue weighted by Crippen LogP contribution is 2.27. The van der Waals surface area contributed by atoms with Crippen molar-refractivity contribution in [3.63, 3.8) is 0 Å². The third-order valence-electron chi connectivity index (χ3n) is 3.95. The zero-order chi connectivity index (χ0) is 21.8. The fraction of sp³-hybridized carbons (Fsp3) is 0.409. The Labute approximate surface area is 182 Å². The van der Waals surface area contributed by atoms with Gasteiger partial charge in [-0.3, -0.25) is 14.5 Å². The highest BCUT2D eigenvalue weighted by molar-refractivity contribution is 6.36. The first-order valence-electron chi connectivity index (χ1n) is 9.61. The molecule has 29 heavy (non-hydrogen) atoms. The van der Waals surface area contributed by atoms with E-state index in [4.69, 9.17) is 27.9 Å². The van der Waals surface area contributed by atoms with Crippen molar-refractivity contribution < 1.29 is 9.53 Å². The van der Waals surface area contributed by atoms with Crippen LogP contribution in [-0.2, 0) is 22.5 Å². The molecule has 0 aliphatic rings. The number of hydrogen-bond acceptors (Lipinski definition) is 4. The minimum Gasteiger partial charge on any atom is -0.460 e.